The number of esters is 1. The summed E-state index contributed by atoms with van der Waals surface area (Å²) < 4.78 is 16.1. The van der Waals surface area contributed by atoms with Crippen LogP contribution in [0.2, 0.25) is 0 Å². The van der Waals surface area contributed by atoms with E-state index >= 15 is 0 Å². The van der Waals surface area contributed by atoms with Gasteiger partial charge >= 0.3 is 5.97 Å². The molecule has 118 valence electrons. The third-order valence-electron chi connectivity index (χ3n) is 3.06. The molecule has 0 bridgehead atoms. The number of methoxy groups -OCH3 is 1. The first kappa shape index (κ1) is 17.3. The molecule has 0 atom stereocenters. The second-order valence-electron chi connectivity index (χ2n) is 5.49. The summed E-state index contributed by atoms with van der Waals surface area (Å²) in [6, 6.07) is 5.56. The van der Waals surface area contributed by atoms with Gasteiger partial charge in [-0.3, -0.25) is 4.79 Å². The van der Waals surface area contributed by atoms with Crippen molar-refractivity contribution in [3.63, 3.8) is 0 Å². The van der Waals surface area contributed by atoms with Gasteiger partial charge in [-0.25, -0.2) is 0 Å². The molecule has 0 saturated heterocycles. The van der Waals surface area contributed by atoms with E-state index in [1.807, 2.05) is 25.1 Å². The predicted octanol–water partition coefficient (Wildman–Crippen LogP) is 2.51. The predicted molar refractivity (Wildman–Crippen MR) is 81.4 cm³/mol. The van der Waals surface area contributed by atoms with Crippen molar-refractivity contribution in [2.75, 3.05) is 20.3 Å². The smallest absolute Gasteiger partial charge is 0.314 e. The van der Waals surface area contributed by atoms with Crippen molar-refractivity contribution in [1.82, 2.24) is 0 Å². The molecule has 2 N–H and O–H groups in total. The fraction of sp³-hybridized carbons (Fsp3) is 0.562. The Morgan fingerprint density at radius 3 is 2.57 bits per heavy atom. The van der Waals surface area contributed by atoms with E-state index in [0.717, 1.165) is 17.7 Å². The zero-order valence-corrected chi connectivity index (χ0v) is 13.3. The number of hydrogen-bond donors (Lipinski definition) is 1. The Labute approximate surface area is 126 Å². The molecule has 21 heavy (non-hydrogen) atoms. The van der Waals surface area contributed by atoms with Crippen molar-refractivity contribution in [2.45, 2.75) is 33.7 Å². The van der Waals surface area contributed by atoms with Crippen LogP contribution in [-0.4, -0.2) is 26.3 Å². The Bertz CT molecular complexity index is 471. The normalized spacial score (nSPS) is 11.1. The molecule has 0 aliphatic rings. The van der Waals surface area contributed by atoms with Crippen LogP contribution >= 0.6 is 0 Å². The minimum Gasteiger partial charge on any atom is -0.493 e. The molecular formula is C16H25NO4. The van der Waals surface area contributed by atoms with Crippen LogP contribution in [0.25, 0.3) is 0 Å². The molecule has 0 fully saturated rings. The molecule has 5 nitrogen and oxygen atoms in total. The highest BCUT2D eigenvalue weighted by Crippen LogP contribution is 2.27. The average Bonchev–Trinajstić information content (AvgIpc) is 2.50. The first-order valence-electron chi connectivity index (χ1n) is 7.11. The minimum absolute atomic E-state index is 0.212. The summed E-state index contributed by atoms with van der Waals surface area (Å²) in [5.41, 5.74) is 5.87. The van der Waals surface area contributed by atoms with Gasteiger partial charge in [-0.2, -0.15) is 0 Å². The second-order valence-corrected chi connectivity index (χ2v) is 5.49. The SMILES string of the molecule is CCCOc1ccc(CN)c(OCC(C)(C)C(=O)OC)c1. The fourth-order valence-electron chi connectivity index (χ4n) is 1.74. The molecule has 5 heteroatoms. The van der Waals surface area contributed by atoms with E-state index in [9.17, 15) is 4.79 Å². The van der Waals surface area contributed by atoms with E-state index < -0.39 is 5.41 Å². The maximum absolute atomic E-state index is 11.7. The lowest BCUT2D eigenvalue weighted by Gasteiger charge is -2.22. The standard InChI is InChI=1S/C16H25NO4/c1-5-8-20-13-7-6-12(10-17)14(9-13)21-11-16(2,3)15(18)19-4/h6-7,9H,5,8,10-11,17H2,1-4H3. The lowest BCUT2D eigenvalue weighted by Crippen LogP contribution is -2.32. The molecule has 0 aromatic heterocycles. The molecule has 0 saturated carbocycles. The number of hydrogen-bond acceptors (Lipinski definition) is 5. The van der Waals surface area contributed by atoms with Gasteiger partial charge in [0, 0.05) is 18.2 Å². The minimum atomic E-state index is -0.721. The van der Waals surface area contributed by atoms with E-state index in [-0.39, 0.29) is 12.6 Å². The van der Waals surface area contributed by atoms with Crippen molar-refractivity contribution < 1.29 is 19.0 Å². The van der Waals surface area contributed by atoms with Crippen LogP contribution in [-0.2, 0) is 16.1 Å². The molecule has 0 spiro atoms. The third-order valence-corrected chi connectivity index (χ3v) is 3.06. The zero-order valence-electron chi connectivity index (χ0n) is 13.3. The lowest BCUT2D eigenvalue weighted by atomic mass is 9.95. The summed E-state index contributed by atoms with van der Waals surface area (Å²) >= 11 is 0. The second kappa shape index (κ2) is 7.88. The van der Waals surface area contributed by atoms with Gasteiger partial charge in [0.15, 0.2) is 0 Å². The summed E-state index contributed by atoms with van der Waals surface area (Å²) in [4.78, 5) is 11.7. The van der Waals surface area contributed by atoms with E-state index in [0.29, 0.717) is 18.9 Å². The number of carbonyl (C=O) groups is 1. The van der Waals surface area contributed by atoms with Crippen LogP contribution in [0, 0.1) is 5.41 Å². The molecule has 0 amide bonds. The fourth-order valence-corrected chi connectivity index (χ4v) is 1.74. The first-order valence-corrected chi connectivity index (χ1v) is 7.11. The Morgan fingerprint density at radius 1 is 1.29 bits per heavy atom. The van der Waals surface area contributed by atoms with E-state index in [2.05, 4.69) is 0 Å². The van der Waals surface area contributed by atoms with Crippen LogP contribution in [0.5, 0.6) is 11.5 Å². The van der Waals surface area contributed by atoms with Gasteiger partial charge in [-0.05, 0) is 26.3 Å². The Kier molecular flexibility index (Phi) is 6.49. The summed E-state index contributed by atoms with van der Waals surface area (Å²) in [7, 11) is 1.37. The van der Waals surface area contributed by atoms with E-state index in [4.69, 9.17) is 19.9 Å². The molecule has 0 unspecified atom stereocenters. The number of rotatable bonds is 8. The molecule has 0 aliphatic carbocycles. The Morgan fingerprint density at radius 2 is 2.00 bits per heavy atom. The number of ether oxygens (including phenoxy) is 3. The summed E-state index contributed by atoms with van der Waals surface area (Å²) in [6.07, 6.45) is 0.935. The number of nitrogens with two attached hydrogens (primary N) is 1. The maximum atomic E-state index is 11.7. The van der Waals surface area contributed by atoms with Crippen LogP contribution in [0.3, 0.4) is 0 Å². The van der Waals surface area contributed by atoms with Crippen LogP contribution in [0.15, 0.2) is 18.2 Å². The lowest BCUT2D eigenvalue weighted by molar-refractivity contribution is -0.152. The van der Waals surface area contributed by atoms with Crippen molar-refractivity contribution >= 4 is 5.97 Å². The molecule has 1 rings (SSSR count). The van der Waals surface area contributed by atoms with Gasteiger partial charge in [0.1, 0.15) is 18.1 Å². The molecular weight excluding hydrogens is 270 g/mol. The Hall–Kier alpha value is -1.75. The first-order chi connectivity index (χ1) is 9.94. The van der Waals surface area contributed by atoms with Gasteiger partial charge in [-0.15, -0.1) is 0 Å². The zero-order chi connectivity index (χ0) is 15.9. The molecule has 1 aromatic rings. The van der Waals surface area contributed by atoms with Crippen molar-refractivity contribution in [3.05, 3.63) is 23.8 Å². The van der Waals surface area contributed by atoms with Crippen LogP contribution < -0.4 is 15.2 Å². The van der Waals surface area contributed by atoms with Crippen molar-refractivity contribution in [3.8, 4) is 11.5 Å². The van der Waals surface area contributed by atoms with Gasteiger partial charge in [0.05, 0.1) is 19.1 Å². The number of carbonyl (C=O) groups excluding carboxylic acids is 1. The van der Waals surface area contributed by atoms with Gasteiger partial charge < -0.3 is 19.9 Å². The molecule has 0 heterocycles. The van der Waals surface area contributed by atoms with Gasteiger partial charge in [-0.1, -0.05) is 13.0 Å². The van der Waals surface area contributed by atoms with Gasteiger partial charge in [0.25, 0.3) is 0 Å². The quantitative estimate of drug-likeness (QED) is 0.746. The van der Waals surface area contributed by atoms with Crippen molar-refractivity contribution in [2.24, 2.45) is 11.1 Å². The van der Waals surface area contributed by atoms with Crippen LogP contribution in [0.1, 0.15) is 32.8 Å². The summed E-state index contributed by atoms with van der Waals surface area (Å²) in [5, 5.41) is 0. The average molecular weight is 295 g/mol. The summed E-state index contributed by atoms with van der Waals surface area (Å²) in [6.45, 7) is 6.82. The molecule has 0 radical (unpaired) electrons. The highest BCUT2D eigenvalue weighted by molar-refractivity contribution is 5.75. The summed E-state index contributed by atoms with van der Waals surface area (Å²) in [5.74, 6) is 1.07. The third kappa shape index (κ3) is 4.93. The monoisotopic (exact) mass is 295 g/mol. The molecule has 1 aromatic carbocycles. The maximum Gasteiger partial charge on any atom is 0.314 e. The molecule has 0 aliphatic heterocycles. The highest BCUT2D eigenvalue weighted by Gasteiger charge is 2.30. The van der Waals surface area contributed by atoms with Crippen molar-refractivity contribution in [1.29, 1.82) is 0 Å². The topological polar surface area (TPSA) is 70.8 Å². The van der Waals surface area contributed by atoms with Gasteiger partial charge in [0.2, 0.25) is 0 Å². The van der Waals surface area contributed by atoms with E-state index in [1.165, 1.54) is 7.11 Å². The highest BCUT2D eigenvalue weighted by atomic mass is 16.5. The Balaban J connectivity index is 2.82. The largest absolute Gasteiger partial charge is 0.493 e. The number of benzene rings is 1. The van der Waals surface area contributed by atoms with Crippen LogP contribution in [0.4, 0.5) is 0 Å². The van der Waals surface area contributed by atoms with E-state index in [1.54, 1.807) is 13.8 Å².